The molecule has 1 saturated heterocycles. The number of rotatable bonds is 5. The molecule has 5 nitrogen and oxygen atoms in total. The monoisotopic (exact) mass is 304 g/mol. The molecule has 1 heterocycles. The lowest BCUT2D eigenvalue weighted by Crippen LogP contribution is -2.28. The number of hydrogen-bond donors (Lipinski definition) is 2. The first-order valence-corrected chi connectivity index (χ1v) is 7.79. The maximum atomic E-state index is 12.1. The van der Waals surface area contributed by atoms with Gasteiger partial charge in [-0.25, -0.2) is 0 Å². The number of nitrogens with one attached hydrogen (secondary N) is 1. The minimum absolute atomic E-state index is 0.108. The fourth-order valence-corrected chi connectivity index (χ4v) is 2.70. The maximum absolute atomic E-state index is 12.1. The molecule has 2 amide bonds. The molecule has 0 spiro atoms. The second-order valence-corrected chi connectivity index (χ2v) is 6.16. The number of hydrogen-bond acceptors (Lipinski definition) is 3. The van der Waals surface area contributed by atoms with E-state index in [1.54, 1.807) is 11.0 Å². The smallest absolute Gasteiger partial charge is 0.226 e. The molecule has 1 aromatic carbocycles. The fraction of sp³-hybridized carbons (Fsp3) is 0.529. The lowest BCUT2D eigenvalue weighted by Gasteiger charge is -2.17. The summed E-state index contributed by atoms with van der Waals surface area (Å²) in [6, 6.07) is 3.50. The number of phenols is 1. The van der Waals surface area contributed by atoms with Crippen molar-refractivity contribution in [2.24, 2.45) is 0 Å². The van der Waals surface area contributed by atoms with Crippen LogP contribution in [0.1, 0.15) is 50.2 Å². The van der Waals surface area contributed by atoms with E-state index >= 15 is 0 Å². The van der Waals surface area contributed by atoms with E-state index in [1.807, 2.05) is 26.8 Å². The van der Waals surface area contributed by atoms with E-state index in [0.717, 1.165) is 29.8 Å². The zero-order valence-electron chi connectivity index (χ0n) is 13.5. The number of anilines is 1. The van der Waals surface area contributed by atoms with Gasteiger partial charge < -0.3 is 15.3 Å². The highest BCUT2D eigenvalue weighted by molar-refractivity contribution is 5.92. The van der Waals surface area contributed by atoms with Gasteiger partial charge in [-0.3, -0.25) is 9.59 Å². The number of carbonyl (C=O) groups is 2. The summed E-state index contributed by atoms with van der Waals surface area (Å²) in [6.07, 6.45) is 1.77. The molecule has 0 aliphatic carbocycles. The molecule has 5 heteroatoms. The highest BCUT2D eigenvalue weighted by Gasteiger charge is 2.20. The van der Waals surface area contributed by atoms with Crippen molar-refractivity contribution in [3.05, 3.63) is 23.3 Å². The van der Waals surface area contributed by atoms with Gasteiger partial charge >= 0.3 is 0 Å². The molecule has 0 bridgehead atoms. The van der Waals surface area contributed by atoms with Crippen LogP contribution in [0, 0.1) is 6.92 Å². The zero-order chi connectivity index (χ0) is 16.3. The Bertz CT molecular complexity index is 582. The summed E-state index contributed by atoms with van der Waals surface area (Å²) in [6.45, 7) is 7.06. The fourth-order valence-electron chi connectivity index (χ4n) is 2.70. The second kappa shape index (κ2) is 6.81. The van der Waals surface area contributed by atoms with Crippen LogP contribution in [0.2, 0.25) is 0 Å². The van der Waals surface area contributed by atoms with Crippen molar-refractivity contribution >= 4 is 17.5 Å². The van der Waals surface area contributed by atoms with Crippen molar-refractivity contribution in [1.29, 1.82) is 0 Å². The molecule has 0 radical (unpaired) electrons. The molecule has 0 aromatic heterocycles. The molecular formula is C17H24N2O3. The zero-order valence-corrected chi connectivity index (χ0v) is 13.5. The molecule has 1 aliphatic rings. The molecule has 0 unspecified atom stereocenters. The standard InChI is InChI=1S/C17H24N2O3/c1-11(2)13-10-14(12(3)9-15(13)20)18-16(21)6-8-19-7-4-5-17(19)22/h9-11,20H,4-8H2,1-3H3,(H,18,21). The number of nitrogens with zero attached hydrogens (tertiary/aromatic N) is 1. The Hall–Kier alpha value is -2.04. The molecule has 2 rings (SSSR count). The van der Waals surface area contributed by atoms with Gasteiger partial charge in [-0.15, -0.1) is 0 Å². The molecule has 1 aliphatic heterocycles. The lowest BCUT2D eigenvalue weighted by atomic mass is 9.99. The first kappa shape index (κ1) is 16.3. The maximum Gasteiger partial charge on any atom is 0.226 e. The molecule has 1 aromatic rings. The van der Waals surface area contributed by atoms with E-state index in [9.17, 15) is 14.7 Å². The summed E-state index contributed by atoms with van der Waals surface area (Å²) in [4.78, 5) is 25.3. The van der Waals surface area contributed by atoms with Crippen molar-refractivity contribution in [2.75, 3.05) is 18.4 Å². The van der Waals surface area contributed by atoms with Gasteiger partial charge in [-0.2, -0.15) is 0 Å². The number of benzene rings is 1. The van der Waals surface area contributed by atoms with Crippen LogP contribution in [0.5, 0.6) is 5.75 Å². The van der Waals surface area contributed by atoms with Gasteiger partial charge in [0.05, 0.1) is 0 Å². The number of phenolic OH excluding ortho intramolecular Hbond substituents is 1. The van der Waals surface area contributed by atoms with Crippen molar-refractivity contribution in [3.8, 4) is 5.75 Å². The molecular weight excluding hydrogens is 280 g/mol. The minimum atomic E-state index is -0.108. The number of carbonyl (C=O) groups excluding carboxylic acids is 2. The summed E-state index contributed by atoms with van der Waals surface area (Å²) < 4.78 is 0. The van der Waals surface area contributed by atoms with E-state index in [2.05, 4.69) is 5.32 Å². The first-order valence-electron chi connectivity index (χ1n) is 7.79. The van der Waals surface area contributed by atoms with E-state index < -0.39 is 0 Å². The third-order valence-corrected chi connectivity index (χ3v) is 4.05. The summed E-state index contributed by atoms with van der Waals surface area (Å²) in [5, 5.41) is 12.8. The minimum Gasteiger partial charge on any atom is -0.508 e. The predicted octanol–water partition coefficient (Wildman–Crippen LogP) is 2.78. The van der Waals surface area contributed by atoms with E-state index in [1.165, 1.54) is 0 Å². The van der Waals surface area contributed by atoms with Gasteiger partial charge in [-0.05, 0) is 42.5 Å². The average Bonchev–Trinajstić information content (AvgIpc) is 2.84. The average molecular weight is 304 g/mol. The highest BCUT2D eigenvalue weighted by atomic mass is 16.3. The van der Waals surface area contributed by atoms with Crippen LogP contribution in [-0.2, 0) is 9.59 Å². The molecule has 0 saturated carbocycles. The molecule has 0 atom stereocenters. The Balaban J connectivity index is 1.99. The SMILES string of the molecule is Cc1cc(O)c(C(C)C)cc1NC(=O)CCN1CCCC1=O. The molecule has 2 N–H and O–H groups in total. The largest absolute Gasteiger partial charge is 0.508 e. The van der Waals surface area contributed by atoms with Gasteiger partial charge in [0.15, 0.2) is 0 Å². The number of aromatic hydroxyl groups is 1. The van der Waals surface area contributed by atoms with E-state index in [0.29, 0.717) is 19.4 Å². The first-order chi connectivity index (χ1) is 10.4. The van der Waals surface area contributed by atoms with Gasteiger partial charge in [-0.1, -0.05) is 13.8 Å². The molecule has 120 valence electrons. The van der Waals surface area contributed by atoms with Crippen molar-refractivity contribution in [2.45, 2.75) is 46.0 Å². The van der Waals surface area contributed by atoms with Crippen LogP contribution in [0.25, 0.3) is 0 Å². The van der Waals surface area contributed by atoms with Gasteiger partial charge in [0.1, 0.15) is 5.75 Å². The van der Waals surface area contributed by atoms with E-state index in [-0.39, 0.29) is 23.5 Å². The Kier molecular flexibility index (Phi) is 5.06. The summed E-state index contributed by atoms with van der Waals surface area (Å²) in [5.74, 6) is 0.463. The quantitative estimate of drug-likeness (QED) is 0.822. The highest BCUT2D eigenvalue weighted by Crippen LogP contribution is 2.31. The summed E-state index contributed by atoms with van der Waals surface area (Å²) in [5.41, 5.74) is 2.36. The van der Waals surface area contributed by atoms with Crippen molar-refractivity contribution < 1.29 is 14.7 Å². The number of aryl methyl sites for hydroxylation is 1. The second-order valence-electron chi connectivity index (χ2n) is 6.16. The van der Waals surface area contributed by atoms with Crippen LogP contribution < -0.4 is 5.32 Å². The van der Waals surface area contributed by atoms with Crippen LogP contribution in [-0.4, -0.2) is 34.9 Å². The van der Waals surface area contributed by atoms with Crippen molar-refractivity contribution in [1.82, 2.24) is 4.90 Å². The third kappa shape index (κ3) is 3.78. The van der Waals surface area contributed by atoms with Crippen LogP contribution in [0.4, 0.5) is 5.69 Å². The normalized spacial score (nSPS) is 14.7. The lowest BCUT2D eigenvalue weighted by molar-refractivity contribution is -0.128. The summed E-state index contributed by atoms with van der Waals surface area (Å²) >= 11 is 0. The molecule has 22 heavy (non-hydrogen) atoms. The van der Waals surface area contributed by atoms with Gasteiger partial charge in [0, 0.05) is 31.6 Å². The van der Waals surface area contributed by atoms with Crippen LogP contribution >= 0.6 is 0 Å². The third-order valence-electron chi connectivity index (χ3n) is 4.05. The Morgan fingerprint density at radius 1 is 1.41 bits per heavy atom. The van der Waals surface area contributed by atoms with Crippen LogP contribution in [0.15, 0.2) is 12.1 Å². The van der Waals surface area contributed by atoms with E-state index in [4.69, 9.17) is 0 Å². The van der Waals surface area contributed by atoms with Crippen LogP contribution in [0.3, 0.4) is 0 Å². The molecule has 1 fully saturated rings. The number of likely N-dealkylation sites (tertiary alicyclic amines) is 1. The van der Waals surface area contributed by atoms with Crippen molar-refractivity contribution in [3.63, 3.8) is 0 Å². The Morgan fingerprint density at radius 3 is 2.73 bits per heavy atom. The summed E-state index contributed by atoms with van der Waals surface area (Å²) in [7, 11) is 0. The Morgan fingerprint density at radius 2 is 2.14 bits per heavy atom. The van der Waals surface area contributed by atoms with Gasteiger partial charge in [0.25, 0.3) is 0 Å². The number of amides is 2. The topological polar surface area (TPSA) is 69.6 Å². The van der Waals surface area contributed by atoms with Gasteiger partial charge in [0.2, 0.25) is 11.8 Å². The Labute approximate surface area is 131 Å². The predicted molar refractivity (Wildman–Crippen MR) is 86.0 cm³/mol.